The zero-order valence-corrected chi connectivity index (χ0v) is 13.4. The van der Waals surface area contributed by atoms with Crippen LogP contribution < -0.4 is 10.6 Å². The molecule has 1 saturated heterocycles. The van der Waals surface area contributed by atoms with Crippen LogP contribution in [-0.2, 0) is 0 Å². The Balaban J connectivity index is 2.11. The lowest BCUT2D eigenvalue weighted by atomic mass is 9.95. The van der Waals surface area contributed by atoms with Gasteiger partial charge in [-0.1, -0.05) is 44.3 Å². The molecule has 4 heteroatoms. The fourth-order valence-electron chi connectivity index (χ4n) is 3.18. The number of rotatable bonds is 3. The first-order valence-corrected chi connectivity index (χ1v) is 7.91. The third kappa shape index (κ3) is 2.60. The highest BCUT2D eigenvalue weighted by molar-refractivity contribution is 7.80. The SMILES string of the molecule is CC(C)C1CCN(c2c(C(N)=S)cnc3ccccc23)C1. The van der Waals surface area contributed by atoms with E-state index in [0.29, 0.717) is 10.9 Å². The monoisotopic (exact) mass is 299 g/mol. The number of aromatic nitrogens is 1. The second kappa shape index (κ2) is 5.60. The lowest BCUT2D eigenvalue weighted by Gasteiger charge is -2.24. The summed E-state index contributed by atoms with van der Waals surface area (Å²) in [5, 5.41) is 1.15. The Morgan fingerprint density at radius 2 is 2.14 bits per heavy atom. The van der Waals surface area contributed by atoms with E-state index in [2.05, 4.69) is 29.8 Å². The number of nitrogens with two attached hydrogens (primary N) is 1. The van der Waals surface area contributed by atoms with E-state index < -0.39 is 0 Å². The minimum atomic E-state index is 0.427. The topological polar surface area (TPSA) is 42.1 Å². The molecule has 2 aromatic rings. The van der Waals surface area contributed by atoms with Crippen molar-refractivity contribution >= 4 is 33.8 Å². The molecule has 3 nitrogen and oxygen atoms in total. The Morgan fingerprint density at radius 1 is 1.38 bits per heavy atom. The van der Waals surface area contributed by atoms with Crippen LogP contribution in [0, 0.1) is 11.8 Å². The molecule has 1 fully saturated rings. The van der Waals surface area contributed by atoms with Gasteiger partial charge in [0.1, 0.15) is 4.99 Å². The summed E-state index contributed by atoms with van der Waals surface area (Å²) in [5.74, 6) is 1.44. The molecular weight excluding hydrogens is 278 g/mol. The van der Waals surface area contributed by atoms with Gasteiger partial charge in [0, 0.05) is 24.7 Å². The first-order chi connectivity index (χ1) is 10.1. The van der Waals surface area contributed by atoms with Crippen LogP contribution in [-0.4, -0.2) is 23.1 Å². The van der Waals surface area contributed by atoms with E-state index in [-0.39, 0.29) is 0 Å². The van der Waals surface area contributed by atoms with Gasteiger partial charge in [0.2, 0.25) is 0 Å². The highest BCUT2D eigenvalue weighted by Gasteiger charge is 2.28. The summed E-state index contributed by atoms with van der Waals surface area (Å²) in [6.07, 6.45) is 3.05. The van der Waals surface area contributed by atoms with E-state index in [1.165, 1.54) is 6.42 Å². The molecule has 0 spiro atoms. The standard InChI is InChI=1S/C17H21N3S/c1-11(2)12-7-8-20(10-12)16-13-5-3-4-6-15(13)19-9-14(16)17(18)21/h3-6,9,11-12H,7-8,10H2,1-2H3,(H2,18,21). The van der Waals surface area contributed by atoms with Crippen molar-refractivity contribution in [3.8, 4) is 0 Å². The largest absolute Gasteiger partial charge is 0.389 e. The molecule has 0 saturated carbocycles. The lowest BCUT2D eigenvalue weighted by Crippen LogP contribution is -2.25. The van der Waals surface area contributed by atoms with E-state index in [1.54, 1.807) is 0 Å². The smallest absolute Gasteiger partial charge is 0.107 e. The first kappa shape index (κ1) is 14.3. The van der Waals surface area contributed by atoms with E-state index in [0.717, 1.165) is 41.2 Å². The summed E-state index contributed by atoms with van der Waals surface area (Å²) >= 11 is 5.24. The highest BCUT2D eigenvalue weighted by atomic mass is 32.1. The third-order valence-corrected chi connectivity index (χ3v) is 4.72. The van der Waals surface area contributed by atoms with Gasteiger partial charge >= 0.3 is 0 Å². The van der Waals surface area contributed by atoms with E-state index in [1.807, 2.05) is 24.4 Å². The van der Waals surface area contributed by atoms with Crippen LogP contribution in [0.15, 0.2) is 30.5 Å². The zero-order chi connectivity index (χ0) is 15.0. The number of thiocarbonyl (C=S) groups is 1. The Bertz CT molecular complexity index is 681. The summed E-state index contributed by atoms with van der Waals surface area (Å²) in [5.41, 5.74) is 8.99. The van der Waals surface area contributed by atoms with Crippen molar-refractivity contribution < 1.29 is 0 Å². The number of pyridine rings is 1. The quantitative estimate of drug-likeness (QED) is 0.883. The van der Waals surface area contributed by atoms with E-state index in [9.17, 15) is 0 Å². The maximum Gasteiger partial charge on any atom is 0.107 e. The Morgan fingerprint density at radius 3 is 2.81 bits per heavy atom. The molecule has 21 heavy (non-hydrogen) atoms. The summed E-state index contributed by atoms with van der Waals surface area (Å²) in [6, 6.07) is 8.22. The second-order valence-corrected chi connectivity index (χ2v) is 6.58. The number of para-hydroxylation sites is 1. The molecule has 2 heterocycles. The number of fused-ring (bicyclic) bond motifs is 1. The summed E-state index contributed by atoms with van der Waals surface area (Å²) in [7, 11) is 0. The van der Waals surface area contributed by atoms with Crippen LogP contribution >= 0.6 is 12.2 Å². The molecule has 0 radical (unpaired) electrons. The highest BCUT2D eigenvalue weighted by Crippen LogP contribution is 2.35. The minimum Gasteiger partial charge on any atom is -0.389 e. The van der Waals surface area contributed by atoms with Crippen molar-refractivity contribution in [2.45, 2.75) is 20.3 Å². The van der Waals surface area contributed by atoms with Gasteiger partial charge in [-0.25, -0.2) is 0 Å². The maximum absolute atomic E-state index is 5.93. The van der Waals surface area contributed by atoms with Crippen LogP contribution in [0.2, 0.25) is 0 Å². The molecule has 0 bridgehead atoms. The Labute approximate surface area is 131 Å². The van der Waals surface area contributed by atoms with Crippen LogP contribution in [0.1, 0.15) is 25.8 Å². The second-order valence-electron chi connectivity index (χ2n) is 6.14. The number of benzene rings is 1. The molecule has 1 aliphatic heterocycles. The molecule has 1 unspecified atom stereocenters. The predicted molar refractivity (Wildman–Crippen MR) is 92.8 cm³/mol. The minimum absolute atomic E-state index is 0.427. The molecule has 1 aromatic carbocycles. The van der Waals surface area contributed by atoms with Crippen molar-refractivity contribution in [2.24, 2.45) is 17.6 Å². The molecule has 2 N–H and O–H groups in total. The lowest BCUT2D eigenvalue weighted by molar-refractivity contribution is 0.423. The molecule has 1 atom stereocenters. The molecule has 0 aliphatic carbocycles. The number of nitrogens with zero attached hydrogens (tertiary/aromatic N) is 2. The van der Waals surface area contributed by atoms with Crippen molar-refractivity contribution in [1.82, 2.24) is 4.98 Å². The van der Waals surface area contributed by atoms with E-state index >= 15 is 0 Å². The van der Waals surface area contributed by atoms with Gasteiger partial charge in [-0.05, 0) is 24.3 Å². The van der Waals surface area contributed by atoms with Crippen LogP contribution in [0.3, 0.4) is 0 Å². The van der Waals surface area contributed by atoms with Gasteiger partial charge < -0.3 is 10.6 Å². The summed E-state index contributed by atoms with van der Waals surface area (Å²) in [4.78, 5) is 7.36. The van der Waals surface area contributed by atoms with Gasteiger partial charge in [0.15, 0.2) is 0 Å². The van der Waals surface area contributed by atoms with Crippen LogP contribution in [0.25, 0.3) is 10.9 Å². The van der Waals surface area contributed by atoms with Gasteiger partial charge in [0.05, 0.1) is 16.8 Å². The number of hydrogen-bond acceptors (Lipinski definition) is 3. The molecule has 0 amide bonds. The summed E-state index contributed by atoms with van der Waals surface area (Å²) < 4.78 is 0. The molecular formula is C17H21N3S. The van der Waals surface area contributed by atoms with Crippen molar-refractivity contribution in [2.75, 3.05) is 18.0 Å². The van der Waals surface area contributed by atoms with Gasteiger partial charge in [-0.15, -0.1) is 0 Å². The maximum atomic E-state index is 5.93. The average Bonchev–Trinajstić information content (AvgIpc) is 2.95. The molecule has 1 aliphatic rings. The van der Waals surface area contributed by atoms with Gasteiger partial charge in [0.25, 0.3) is 0 Å². The number of anilines is 1. The predicted octanol–water partition coefficient (Wildman–Crippen LogP) is 3.35. The van der Waals surface area contributed by atoms with Crippen molar-refractivity contribution in [1.29, 1.82) is 0 Å². The third-order valence-electron chi connectivity index (χ3n) is 4.50. The first-order valence-electron chi connectivity index (χ1n) is 7.50. The number of hydrogen-bond donors (Lipinski definition) is 1. The van der Waals surface area contributed by atoms with Gasteiger partial charge in [-0.3, -0.25) is 4.98 Å². The molecule has 3 rings (SSSR count). The fraction of sp³-hybridized carbons (Fsp3) is 0.412. The zero-order valence-electron chi connectivity index (χ0n) is 12.5. The van der Waals surface area contributed by atoms with E-state index in [4.69, 9.17) is 18.0 Å². The Kier molecular flexibility index (Phi) is 3.81. The molecule has 1 aromatic heterocycles. The van der Waals surface area contributed by atoms with Gasteiger partial charge in [-0.2, -0.15) is 0 Å². The summed E-state index contributed by atoms with van der Waals surface area (Å²) in [6.45, 7) is 6.73. The molecule has 110 valence electrons. The average molecular weight is 299 g/mol. The van der Waals surface area contributed by atoms with Crippen LogP contribution in [0.4, 0.5) is 5.69 Å². The normalized spacial score (nSPS) is 18.6. The Hall–Kier alpha value is -1.68. The fourth-order valence-corrected chi connectivity index (χ4v) is 3.33. The van der Waals surface area contributed by atoms with Crippen molar-refractivity contribution in [3.05, 3.63) is 36.0 Å². The van der Waals surface area contributed by atoms with Crippen molar-refractivity contribution in [3.63, 3.8) is 0 Å². The van der Waals surface area contributed by atoms with Crippen LogP contribution in [0.5, 0.6) is 0 Å².